The zero-order valence-corrected chi connectivity index (χ0v) is 15.4. The van der Waals surface area contributed by atoms with Crippen molar-refractivity contribution in [2.75, 3.05) is 13.2 Å². The van der Waals surface area contributed by atoms with Crippen molar-refractivity contribution in [1.29, 1.82) is 0 Å². The zero-order valence-electron chi connectivity index (χ0n) is 15.4. The molecule has 28 heavy (non-hydrogen) atoms. The van der Waals surface area contributed by atoms with E-state index in [1.165, 1.54) is 0 Å². The predicted octanol–water partition coefficient (Wildman–Crippen LogP) is 1.87. The van der Waals surface area contributed by atoms with Gasteiger partial charge in [0.25, 0.3) is 5.56 Å². The predicted molar refractivity (Wildman–Crippen MR) is 105 cm³/mol. The van der Waals surface area contributed by atoms with Crippen molar-refractivity contribution in [2.45, 2.75) is 19.4 Å². The number of nitrogens with zero attached hydrogens (tertiary/aromatic N) is 1. The second-order valence-electron chi connectivity index (χ2n) is 6.59. The van der Waals surface area contributed by atoms with Gasteiger partial charge in [-0.25, -0.2) is 9.36 Å². The van der Waals surface area contributed by atoms with E-state index >= 15 is 0 Å². The fourth-order valence-corrected chi connectivity index (χ4v) is 3.66. The lowest BCUT2D eigenvalue weighted by Gasteiger charge is -2.27. The molecule has 1 aromatic heterocycles. The van der Waals surface area contributed by atoms with E-state index in [9.17, 15) is 14.7 Å². The molecule has 0 saturated heterocycles. The molecular formula is C21H21N3O4. The molecule has 0 saturated carbocycles. The first-order chi connectivity index (χ1) is 13.6. The SMILES string of the molecule is CCOc1ccc(-n2c(O)c(C3NCCc4ccccc43)c(=O)[nH]c2=O)cc1. The van der Waals surface area contributed by atoms with Gasteiger partial charge in [0.1, 0.15) is 5.75 Å². The zero-order chi connectivity index (χ0) is 19.7. The summed E-state index contributed by atoms with van der Waals surface area (Å²) in [5, 5.41) is 14.2. The molecule has 0 amide bonds. The summed E-state index contributed by atoms with van der Waals surface area (Å²) in [4.78, 5) is 27.4. The van der Waals surface area contributed by atoms with Gasteiger partial charge in [-0.1, -0.05) is 24.3 Å². The number of aromatic amines is 1. The number of H-pyrrole nitrogens is 1. The monoisotopic (exact) mass is 379 g/mol. The highest BCUT2D eigenvalue weighted by molar-refractivity contribution is 5.46. The van der Waals surface area contributed by atoms with Gasteiger partial charge in [0, 0.05) is 6.54 Å². The van der Waals surface area contributed by atoms with Crippen molar-refractivity contribution in [3.63, 3.8) is 0 Å². The summed E-state index contributed by atoms with van der Waals surface area (Å²) >= 11 is 0. The van der Waals surface area contributed by atoms with Crippen LogP contribution in [0.25, 0.3) is 5.69 Å². The van der Waals surface area contributed by atoms with Crippen LogP contribution in [0, 0.1) is 0 Å². The van der Waals surface area contributed by atoms with Crippen molar-refractivity contribution in [3.05, 3.63) is 86.1 Å². The summed E-state index contributed by atoms with van der Waals surface area (Å²) in [6.45, 7) is 3.08. The fourth-order valence-electron chi connectivity index (χ4n) is 3.66. The van der Waals surface area contributed by atoms with Crippen LogP contribution < -0.4 is 21.3 Å². The molecule has 3 N–H and O–H groups in total. The molecule has 144 valence electrons. The number of benzene rings is 2. The van der Waals surface area contributed by atoms with Crippen molar-refractivity contribution in [2.24, 2.45) is 0 Å². The molecule has 1 unspecified atom stereocenters. The van der Waals surface area contributed by atoms with Gasteiger partial charge in [-0.05, 0) is 48.7 Å². The molecule has 2 heterocycles. The van der Waals surface area contributed by atoms with E-state index in [0.717, 1.165) is 22.1 Å². The van der Waals surface area contributed by atoms with E-state index in [4.69, 9.17) is 4.74 Å². The molecule has 7 heteroatoms. The summed E-state index contributed by atoms with van der Waals surface area (Å²) in [5.41, 5.74) is 1.31. The summed E-state index contributed by atoms with van der Waals surface area (Å²) in [6, 6.07) is 14.0. The van der Waals surface area contributed by atoms with Crippen LogP contribution in [0.4, 0.5) is 0 Å². The average molecular weight is 379 g/mol. The molecule has 1 aliphatic heterocycles. The minimum absolute atomic E-state index is 0.126. The van der Waals surface area contributed by atoms with Gasteiger partial charge in [-0.15, -0.1) is 0 Å². The number of aromatic hydroxyl groups is 1. The molecule has 0 aliphatic carbocycles. The van der Waals surface area contributed by atoms with Crippen LogP contribution in [0.2, 0.25) is 0 Å². The number of fused-ring (bicyclic) bond motifs is 1. The number of nitrogens with one attached hydrogen (secondary N) is 2. The summed E-state index contributed by atoms with van der Waals surface area (Å²) in [7, 11) is 0. The Labute approximate surface area is 161 Å². The third-order valence-electron chi connectivity index (χ3n) is 4.92. The van der Waals surface area contributed by atoms with Crippen LogP contribution in [0.1, 0.15) is 29.7 Å². The van der Waals surface area contributed by atoms with Crippen LogP contribution in [0.5, 0.6) is 11.6 Å². The molecular weight excluding hydrogens is 358 g/mol. The Balaban J connectivity index is 1.86. The number of aromatic nitrogens is 2. The third kappa shape index (κ3) is 3.10. The van der Waals surface area contributed by atoms with Gasteiger partial charge in [-0.2, -0.15) is 0 Å². The highest BCUT2D eigenvalue weighted by Gasteiger charge is 2.28. The van der Waals surface area contributed by atoms with Crippen molar-refractivity contribution in [3.8, 4) is 17.3 Å². The molecule has 0 fully saturated rings. The topological polar surface area (TPSA) is 96.3 Å². The Kier molecular flexibility index (Phi) is 4.75. The minimum Gasteiger partial charge on any atom is -0.494 e. The lowest BCUT2D eigenvalue weighted by atomic mass is 9.90. The number of hydrogen-bond donors (Lipinski definition) is 3. The second-order valence-corrected chi connectivity index (χ2v) is 6.59. The van der Waals surface area contributed by atoms with E-state index in [2.05, 4.69) is 10.3 Å². The lowest BCUT2D eigenvalue weighted by molar-refractivity contribution is 0.340. The highest BCUT2D eigenvalue weighted by atomic mass is 16.5. The van der Waals surface area contributed by atoms with Gasteiger partial charge >= 0.3 is 5.69 Å². The maximum Gasteiger partial charge on any atom is 0.335 e. The van der Waals surface area contributed by atoms with Gasteiger partial charge in [0.05, 0.1) is 23.9 Å². The first-order valence-corrected chi connectivity index (χ1v) is 9.22. The second kappa shape index (κ2) is 7.36. The minimum atomic E-state index is -0.695. The van der Waals surface area contributed by atoms with Gasteiger partial charge in [-0.3, -0.25) is 9.78 Å². The highest BCUT2D eigenvalue weighted by Crippen LogP contribution is 2.31. The summed E-state index contributed by atoms with van der Waals surface area (Å²) < 4.78 is 6.52. The lowest BCUT2D eigenvalue weighted by Crippen LogP contribution is -2.38. The molecule has 7 nitrogen and oxygen atoms in total. The normalized spacial score (nSPS) is 15.8. The van der Waals surface area contributed by atoms with E-state index in [0.29, 0.717) is 24.6 Å². The smallest absolute Gasteiger partial charge is 0.335 e. The van der Waals surface area contributed by atoms with Crippen LogP contribution >= 0.6 is 0 Å². The van der Waals surface area contributed by atoms with Gasteiger partial charge in [0.15, 0.2) is 0 Å². The number of ether oxygens (including phenoxy) is 1. The van der Waals surface area contributed by atoms with Gasteiger partial charge < -0.3 is 15.2 Å². The van der Waals surface area contributed by atoms with E-state index in [1.807, 2.05) is 31.2 Å². The molecule has 4 rings (SSSR count). The molecule has 0 spiro atoms. The van der Waals surface area contributed by atoms with Crippen LogP contribution in [0.3, 0.4) is 0 Å². The molecule has 2 aromatic carbocycles. The Morgan fingerprint density at radius 1 is 1.14 bits per heavy atom. The van der Waals surface area contributed by atoms with Gasteiger partial charge in [0.2, 0.25) is 5.88 Å². The maximum absolute atomic E-state index is 12.6. The quantitative estimate of drug-likeness (QED) is 0.643. The average Bonchev–Trinajstić information content (AvgIpc) is 2.69. The van der Waals surface area contributed by atoms with Crippen molar-refractivity contribution in [1.82, 2.24) is 14.9 Å². The van der Waals surface area contributed by atoms with Crippen molar-refractivity contribution < 1.29 is 9.84 Å². The van der Waals surface area contributed by atoms with Crippen LogP contribution in [-0.2, 0) is 6.42 Å². The van der Waals surface area contributed by atoms with E-state index in [-0.39, 0.29) is 11.4 Å². The standard InChI is InChI=1S/C21H21N3O4/c1-2-28-15-9-7-14(8-10-15)24-20(26)17(19(25)23-21(24)27)18-16-6-4-3-5-13(16)11-12-22-18/h3-10,18,22,26H,2,11-12H2,1H3,(H,23,25,27). The Hall–Kier alpha value is -3.32. The first kappa shape index (κ1) is 18.1. The Morgan fingerprint density at radius 2 is 1.89 bits per heavy atom. The van der Waals surface area contributed by atoms with E-state index < -0.39 is 17.3 Å². The molecule has 0 bridgehead atoms. The first-order valence-electron chi connectivity index (χ1n) is 9.22. The summed E-state index contributed by atoms with van der Waals surface area (Å²) in [5.74, 6) is 0.290. The Morgan fingerprint density at radius 3 is 2.64 bits per heavy atom. The molecule has 1 aliphatic rings. The maximum atomic E-state index is 12.6. The van der Waals surface area contributed by atoms with Crippen molar-refractivity contribution >= 4 is 0 Å². The fraction of sp³-hybridized carbons (Fsp3) is 0.238. The van der Waals surface area contributed by atoms with Crippen LogP contribution in [0.15, 0.2) is 58.1 Å². The molecule has 0 radical (unpaired) electrons. The largest absolute Gasteiger partial charge is 0.494 e. The molecule has 1 atom stereocenters. The summed E-state index contributed by atoms with van der Waals surface area (Å²) in [6.07, 6.45) is 0.837. The Bertz CT molecular complexity index is 1120. The number of rotatable bonds is 4. The molecule has 3 aromatic rings. The van der Waals surface area contributed by atoms with E-state index in [1.54, 1.807) is 24.3 Å². The third-order valence-corrected chi connectivity index (χ3v) is 4.92. The van der Waals surface area contributed by atoms with Crippen LogP contribution in [-0.4, -0.2) is 27.8 Å². The number of hydrogen-bond acceptors (Lipinski definition) is 5.